The maximum atomic E-state index is 10.5. The summed E-state index contributed by atoms with van der Waals surface area (Å²) in [5, 5.41) is 0.223. The van der Waals surface area contributed by atoms with Crippen molar-refractivity contribution >= 4 is 26.8 Å². The molecule has 1 aromatic rings. The first-order chi connectivity index (χ1) is 6.92. The number of rotatable bonds is 5. The van der Waals surface area contributed by atoms with Crippen LogP contribution < -0.4 is 4.72 Å². The number of anilines is 1. The van der Waals surface area contributed by atoms with E-state index in [1.54, 1.807) is 0 Å². The van der Waals surface area contributed by atoms with Gasteiger partial charge in [0.05, 0.1) is 5.69 Å². The van der Waals surface area contributed by atoms with Gasteiger partial charge in [-0.2, -0.15) is 8.42 Å². The average molecular weight is 250 g/mol. The molecule has 0 spiro atoms. The van der Waals surface area contributed by atoms with E-state index >= 15 is 0 Å². The fourth-order valence-corrected chi connectivity index (χ4v) is 2.76. The minimum Gasteiger partial charge on any atom is -0.269 e. The summed E-state index contributed by atoms with van der Waals surface area (Å²) in [5.74, 6) is 0. The highest BCUT2D eigenvalue weighted by Gasteiger charge is 2.11. The van der Waals surface area contributed by atoms with Gasteiger partial charge < -0.3 is 0 Å². The molecule has 0 aliphatic heterocycles. The smallest absolute Gasteiger partial charge is 0.269 e. The average Bonchev–Trinajstić information content (AvgIpc) is 2.39. The summed E-state index contributed by atoms with van der Waals surface area (Å²) < 4.78 is 31.6. The summed E-state index contributed by atoms with van der Waals surface area (Å²) in [6.45, 7) is 3.92. The highest BCUT2D eigenvalue weighted by atomic mass is 32.2. The van der Waals surface area contributed by atoms with Gasteiger partial charge in [0.1, 0.15) is 0 Å². The molecule has 0 aromatic carbocycles. The Labute approximate surface area is 93.4 Å². The number of nitrogens with zero attached hydrogens (tertiary/aromatic N) is 1. The van der Waals surface area contributed by atoms with E-state index in [1.165, 1.54) is 11.3 Å². The molecule has 1 heterocycles. The molecule has 5 nitrogen and oxygen atoms in total. The topological polar surface area (TPSA) is 79.3 Å². The quantitative estimate of drug-likeness (QED) is 0.783. The van der Waals surface area contributed by atoms with Gasteiger partial charge in [0.2, 0.25) is 0 Å². The summed E-state index contributed by atoms with van der Waals surface area (Å²) in [4.78, 5) is 5.08. The van der Waals surface area contributed by atoms with Gasteiger partial charge in [-0.1, -0.05) is 13.3 Å². The third kappa shape index (κ3) is 4.15. The van der Waals surface area contributed by atoms with Crippen LogP contribution in [0.5, 0.6) is 0 Å². The molecule has 0 radical (unpaired) electrons. The lowest BCUT2D eigenvalue weighted by Gasteiger charge is -1.95. The normalized spacial score (nSPS) is 11.7. The van der Waals surface area contributed by atoms with Crippen molar-refractivity contribution in [3.05, 3.63) is 10.6 Å². The molecule has 0 saturated heterocycles. The number of thiazole rings is 1. The highest BCUT2D eigenvalue weighted by molar-refractivity contribution is 7.87. The zero-order valence-corrected chi connectivity index (χ0v) is 10.3. The zero-order valence-electron chi connectivity index (χ0n) is 8.65. The Balaban J connectivity index is 2.77. The molecule has 0 saturated carbocycles. The molecule has 0 fully saturated rings. The molecule has 0 unspecified atom stereocenters. The second kappa shape index (κ2) is 4.91. The molecule has 1 rings (SSSR count). The van der Waals surface area contributed by atoms with Crippen LogP contribution in [-0.2, 0) is 16.7 Å². The Morgan fingerprint density at radius 2 is 2.20 bits per heavy atom. The molecule has 1 aromatic heterocycles. The molecule has 7 heteroatoms. The summed E-state index contributed by atoms with van der Waals surface area (Å²) in [6, 6.07) is 0. The highest BCUT2D eigenvalue weighted by Crippen LogP contribution is 2.24. The number of hydrogen-bond acceptors (Lipinski definition) is 4. The van der Waals surface area contributed by atoms with Gasteiger partial charge >= 0.3 is 10.3 Å². The second-order valence-corrected chi connectivity index (χ2v) is 5.45. The lowest BCUT2D eigenvalue weighted by molar-refractivity contribution is 0.489. The Morgan fingerprint density at radius 1 is 1.53 bits per heavy atom. The number of hydrogen-bond donors (Lipinski definition) is 2. The molecule has 0 bridgehead atoms. The van der Waals surface area contributed by atoms with Crippen molar-refractivity contribution in [1.82, 2.24) is 4.98 Å². The van der Waals surface area contributed by atoms with E-state index in [4.69, 9.17) is 4.55 Å². The number of aryl methyl sites for hydroxylation is 2. The van der Waals surface area contributed by atoms with E-state index in [2.05, 4.69) is 11.9 Å². The van der Waals surface area contributed by atoms with Crippen LogP contribution in [0.4, 0.5) is 5.13 Å². The lowest BCUT2D eigenvalue weighted by atomic mass is 10.2. The van der Waals surface area contributed by atoms with Crippen molar-refractivity contribution in [3.63, 3.8) is 0 Å². The Morgan fingerprint density at radius 3 is 2.73 bits per heavy atom. The van der Waals surface area contributed by atoms with Crippen molar-refractivity contribution in [2.45, 2.75) is 33.1 Å². The van der Waals surface area contributed by atoms with E-state index < -0.39 is 10.3 Å². The predicted molar refractivity (Wildman–Crippen MR) is 60.6 cm³/mol. The molecule has 0 aliphatic rings. The second-order valence-electron chi connectivity index (χ2n) is 3.21. The van der Waals surface area contributed by atoms with Gasteiger partial charge in [-0.05, 0) is 19.8 Å². The van der Waals surface area contributed by atoms with Gasteiger partial charge in [0.25, 0.3) is 0 Å². The number of nitrogens with one attached hydrogen (secondary N) is 1. The first-order valence-corrected chi connectivity index (χ1v) is 6.89. The predicted octanol–water partition coefficient (Wildman–Crippen LogP) is 2.01. The van der Waals surface area contributed by atoms with E-state index in [1.807, 2.05) is 11.6 Å². The molecular formula is C8H14N2O3S2. The summed E-state index contributed by atoms with van der Waals surface area (Å²) in [5.41, 5.74) is 0.819. The van der Waals surface area contributed by atoms with Crippen LogP contribution in [0.25, 0.3) is 0 Å². The van der Waals surface area contributed by atoms with Crippen molar-refractivity contribution in [2.75, 3.05) is 4.72 Å². The molecule has 2 N–H and O–H groups in total. The van der Waals surface area contributed by atoms with Crippen LogP contribution in [0.15, 0.2) is 0 Å². The molecule has 0 amide bonds. The fourth-order valence-electron chi connectivity index (χ4n) is 1.15. The standard InChI is InChI=1S/C8H14N2O3S2/c1-3-4-5-7-6(2)9-8(14-7)10-15(11,12)13/h3-5H2,1-2H3,(H,9,10)(H,11,12,13). The SMILES string of the molecule is CCCCc1sc(NS(=O)(=O)O)nc1C. The largest absolute Gasteiger partial charge is 0.359 e. The Hall–Kier alpha value is -0.660. The molecule has 0 aliphatic carbocycles. The van der Waals surface area contributed by atoms with E-state index in [0.29, 0.717) is 0 Å². The maximum absolute atomic E-state index is 10.5. The number of unbranched alkanes of at least 4 members (excludes halogenated alkanes) is 1. The van der Waals surface area contributed by atoms with Gasteiger partial charge in [0.15, 0.2) is 5.13 Å². The molecular weight excluding hydrogens is 236 g/mol. The van der Waals surface area contributed by atoms with E-state index in [-0.39, 0.29) is 5.13 Å². The summed E-state index contributed by atoms with van der Waals surface area (Å²) in [7, 11) is -4.20. The third-order valence-electron chi connectivity index (χ3n) is 1.87. The minimum atomic E-state index is -4.20. The van der Waals surface area contributed by atoms with Gasteiger partial charge in [-0.25, -0.2) is 9.71 Å². The van der Waals surface area contributed by atoms with Gasteiger partial charge in [-0.15, -0.1) is 11.3 Å². The summed E-state index contributed by atoms with van der Waals surface area (Å²) in [6.07, 6.45) is 3.03. The van der Waals surface area contributed by atoms with Crippen molar-refractivity contribution < 1.29 is 13.0 Å². The van der Waals surface area contributed by atoms with E-state index in [0.717, 1.165) is 29.8 Å². The fraction of sp³-hybridized carbons (Fsp3) is 0.625. The van der Waals surface area contributed by atoms with E-state index in [9.17, 15) is 8.42 Å². The molecule has 86 valence electrons. The van der Waals surface area contributed by atoms with Crippen molar-refractivity contribution in [1.29, 1.82) is 0 Å². The van der Waals surface area contributed by atoms with Gasteiger partial charge in [0, 0.05) is 4.88 Å². The summed E-state index contributed by atoms with van der Waals surface area (Å²) >= 11 is 1.26. The first-order valence-electron chi connectivity index (χ1n) is 4.64. The van der Waals surface area contributed by atoms with Crippen LogP contribution in [0.2, 0.25) is 0 Å². The van der Waals surface area contributed by atoms with Crippen molar-refractivity contribution in [3.8, 4) is 0 Å². The van der Waals surface area contributed by atoms with Gasteiger partial charge in [-0.3, -0.25) is 4.55 Å². The lowest BCUT2D eigenvalue weighted by Crippen LogP contribution is -2.09. The zero-order chi connectivity index (χ0) is 11.5. The van der Waals surface area contributed by atoms with Crippen LogP contribution in [0.3, 0.4) is 0 Å². The molecule has 15 heavy (non-hydrogen) atoms. The monoisotopic (exact) mass is 250 g/mol. The van der Waals surface area contributed by atoms with Crippen LogP contribution in [0.1, 0.15) is 30.3 Å². The maximum Gasteiger partial charge on any atom is 0.359 e. The minimum absolute atomic E-state index is 0.223. The van der Waals surface area contributed by atoms with Crippen LogP contribution in [-0.4, -0.2) is 18.0 Å². The molecule has 0 atom stereocenters. The third-order valence-corrected chi connectivity index (χ3v) is 3.58. The Kier molecular flexibility index (Phi) is 4.06. The number of aromatic nitrogens is 1. The van der Waals surface area contributed by atoms with Crippen molar-refractivity contribution in [2.24, 2.45) is 0 Å². The first kappa shape index (κ1) is 12.4. The Bertz CT molecular complexity index is 425. The van der Waals surface area contributed by atoms with Crippen LogP contribution >= 0.6 is 11.3 Å². The van der Waals surface area contributed by atoms with Crippen LogP contribution in [0, 0.1) is 6.92 Å².